The fourth-order valence-electron chi connectivity index (χ4n) is 4.21. The molecule has 1 atom stereocenters. The van der Waals surface area contributed by atoms with Crippen LogP contribution in [0.1, 0.15) is 28.9 Å². The van der Waals surface area contributed by atoms with E-state index in [9.17, 15) is 13.9 Å². The maximum Gasteiger partial charge on any atom is 0.259 e. The van der Waals surface area contributed by atoms with E-state index in [0.29, 0.717) is 47.2 Å². The Morgan fingerprint density at radius 2 is 2.11 bits per heavy atom. The zero-order chi connectivity index (χ0) is 24.9. The molecule has 0 spiro atoms. The summed E-state index contributed by atoms with van der Waals surface area (Å²) < 4.78 is 26.3. The zero-order valence-corrected chi connectivity index (χ0v) is 20.8. The van der Waals surface area contributed by atoms with Crippen molar-refractivity contribution in [1.82, 2.24) is 34.0 Å². The van der Waals surface area contributed by atoms with Crippen molar-refractivity contribution in [2.45, 2.75) is 13.0 Å². The Kier molecular flexibility index (Phi) is 6.15. The van der Waals surface area contributed by atoms with Crippen molar-refractivity contribution in [2.24, 2.45) is 0 Å². The monoisotopic (exact) mass is 539 g/mol. The third kappa shape index (κ3) is 4.35. The maximum atomic E-state index is 13.3. The first-order valence-electron chi connectivity index (χ1n) is 10.7. The van der Waals surface area contributed by atoms with E-state index in [0.717, 1.165) is 0 Å². The fraction of sp³-hybridized carbons (Fsp3) is 0.300. The number of imidazole rings is 1. The molecule has 6 N–H and O–H groups in total. The summed E-state index contributed by atoms with van der Waals surface area (Å²) in [5.41, 5.74) is 7.74. The van der Waals surface area contributed by atoms with E-state index in [1.54, 1.807) is 35.3 Å². The molecule has 35 heavy (non-hydrogen) atoms. The standard InChI is InChI=1S/C20H23Cl2N9O3S/c1-11(27-19(32)14-17(23)28-31-5-2-3-24-18(14)31)12-9-13(21)15-16(22)25-10-30(15)20(12)29-6-4-26-35(33,34)8-7-29/h2-3,5,9-11,26,33-34H,4,6-8H2,1H3,(H2,23,28)(H,27,32)/t11-/m0/s1. The molecule has 1 fully saturated rings. The Morgan fingerprint density at radius 1 is 1.31 bits per heavy atom. The minimum Gasteiger partial charge on any atom is -0.381 e. The van der Waals surface area contributed by atoms with Crippen LogP contribution >= 0.6 is 34.0 Å². The molecular formula is C20H23Cl2N9O3S. The van der Waals surface area contributed by atoms with Gasteiger partial charge in [0.2, 0.25) is 0 Å². The largest absolute Gasteiger partial charge is 0.381 e. The lowest BCUT2D eigenvalue weighted by molar-refractivity contribution is 0.0942. The number of carbonyl (C=O) groups is 1. The van der Waals surface area contributed by atoms with Crippen LogP contribution in [0.4, 0.5) is 11.6 Å². The molecule has 1 saturated heterocycles. The van der Waals surface area contributed by atoms with Crippen molar-refractivity contribution >= 4 is 62.7 Å². The normalized spacial score (nSPS) is 17.9. The van der Waals surface area contributed by atoms with E-state index in [2.05, 4.69) is 25.1 Å². The molecule has 1 aliphatic heterocycles. The van der Waals surface area contributed by atoms with Gasteiger partial charge >= 0.3 is 0 Å². The SMILES string of the molecule is C[C@H](NC(=O)c1c(N)nn2cccnc12)c1cc(Cl)c2c(Cl)ncn2c1N1CCNS(O)(O)CC1. The highest BCUT2D eigenvalue weighted by molar-refractivity contribution is 8.22. The van der Waals surface area contributed by atoms with Gasteiger partial charge in [-0.25, -0.2) is 19.2 Å². The van der Waals surface area contributed by atoms with E-state index in [-0.39, 0.29) is 22.3 Å². The summed E-state index contributed by atoms with van der Waals surface area (Å²) in [5, 5.41) is 7.72. The fourth-order valence-corrected chi connectivity index (χ4v) is 5.83. The number of rotatable bonds is 4. The molecule has 5 rings (SSSR count). The van der Waals surface area contributed by atoms with Gasteiger partial charge in [-0.2, -0.15) is 0 Å². The Bertz CT molecular complexity index is 1440. The zero-order valence-electron chi connectivity index (χ0n) is 18.5. The molecule has 4 aromatic heterocycles. The molecule has 0 unspecified atom stereocenters. The second-order valence-corrected chi connectivity index (χ2v) is 10.9. The molecule has 15 heteroatoms. The average Bonchev–Trinajstić information content (AvgIpc) is 3.29. The van der Waals surface area contributed by atoms with E-state index in [1.807, 2.05) is 11.8 Å². The van der Waals surface area contributed by atoms with Crippen molar-refractivity contribution < 1.29 is 13.9 Å². The van der Waals surface area contributed by atoms with Crippen LogP contribution in [-0.4, -0.2) is 64.4 Å². The van der Waals surface area contributed by atoms with Gasteiger partial charge in [0.15, 0.2) is 16.6 Å². The van der Waals surface area contributed by atoms with Crippen molar-refractivity contribution in [3.63, 3.8) is 0 Å². The average molecular weight is 540 g/mol. The van der Waals surface area contributed by atoms with Gasteiger partial charge in [0.1, 0.15) is 23.2 Å². The van der Waals surface area contributed by atoms with Gasteiger partial charge in [-0.05, 0) is 19.1 Å². The molecule has 4 aromatic rings. The number of hydrogen-bond acceptors (Lipinski definition) is 9. The minimum atomic E-state index is -2.89. The molecule has 12 nitrogen and oxygen atoms in total. The summed E-state index contributed by atoms with van der Waals surface area (Å²) in [6.45, 7) is 2.98. The number of halogens is 2. The summed E-state index contributed by atoms with van der Waals surface area (Å²) in [6, 6.07) is 2.89. The van der Waals surface area contributed by atoms with Crippen LogP contribution in [0.25, 0.3) is 11.2 Å². The summed E-state index contributed by atoms with van der Waals surface area (Å²) in [5.74, 6) is 0.430. The molecule has 186 valence electrons. The Morgan fingerprint density at radius 3 is 2.91 bits per heavy atom. The van der Waals surface area contributed by atoms with Crippen LogP contribution < -0.4 is 20.7 Å². The van der Waals surface area contributed by atoms with E-state index in [4.69, 9.17) is 28.9 Å². The number of fused-ring (bicyclic) bond motifs is 2. The minimum absolute atomic E-state index is 0.0623. The predicted octanol–water partition coefficient (Wildman–Crippen LogP) is 2.83. The first-order valence-corrected chi connectivity index (χ1v) is 13.1. The summed E-state index contributed by atoms with van der Waals surface area (Å²) >= 11 is 12.9. The molecule has 0 aliphatic carbocycles. The highest BCUT2D eigenvalue weighted by Gasteiger charge is 2.28. The lowest BCUT2D eigenvalue weighted by Crippen LogP contribution is -2.34. The van der Waals surface area contributed by atoms with E-state index in [1.165, 1.54) is 4.52 Å². The van der Waals surface area contributed by atoms with Crippen molar-refractivity contribution in [3.05, 3.63) is 52.2 Å². The lowest BCUT2D eigenvalue weighted by Gasteiger charge is -2.31. The van der Waals surface area contributed by atoms with Gasteiger partial charge in [0.25, 0.3) is 5.91 Å². The van der Waals surface area contributed by atoms with Crippen LogP contribution in [0.15, 0.2) is 30.9 Å². The van der Waals surface area contributed by atoms with Gasteiger partial charge in [-0.15, -0.1) is 15.9 Å². The van der Waals surface area contributed by atoms with Gasteiger partial charge in [-0.3, -0.25) is 18.3 Å². The van der Waals surface area contributed by atoms with Gasteiger partial charge in [-0.1, -0.05) is 23.2 Å². The van der Waals surface area contributed by atoms with Crippen LogP contribution in [0.3, 0.4) is 0 Å². The quantitative estimate of drug-likeness (QED) is 0.262. The number of nitrogens with one attached hydrogen (secondary N) is 2. The number of aromatic nitrogens is 5. The third-order valence-electron chi connectivity index (χ3n) is 5.84. The van der Waals surface area contributed by atoms with Gasteiger partial charge in [0.05, 0.1) is 16.8 Å². The number of nitrogens with two attached hydrogens (primary N) is 1. The van der Waals surface area contributed by atoms with Crippen molar-refractivity contribution in [2.75, 3.05) is 36.0 Å². The highest BCUT2D eigenvalue weighted by atomic mass is 35.5. The van der Waals surface area contributed by atoms with Crippen LogP contribution in [-0.2, 0) is 0 Å². The Labute approximate surface area is 211 Å². The van der Waals surface area contributed by atoms with E-state index < -0.39 is 22.7 Å². The number of nitrogen functional groups attached to an aromatic ring is 1. The van der Waals surface area contributed by atoms with Crippen LogP contribution in [0.2, 0.25) is 10.2 Å². The predicted molar refractivity (Wildman–Crippen MR) is 136 cm³/mol. The second-order valence-electron chi connectivity index (χ2n) is 8.12. The summed E-state index contributed by atoms with van der Waals surface area (Å²) in [6.07, 6.45) is 4.77. The third-order valence-corrected chi connectivity index (χ3v) is 7.82. The molecule has 0 aromatic carbocycles. The van der Waals surface area contributed by atoms with Crippen LogP contribution in [0, 0.1) is 0 Å². The summed E-state index contributed by atoms with van der Waals surface area (Å²) in [7, 11) is -2.89. The molecular weight excluding hydrogens is 517 g/mol. The molecule has 1 aliphatic rings. The highest BCUT2D eigenvalue weighted by Crippen LogP contribution is 2.39. The number of amides is 1. The smallest absolute Gasteiger partial charge is 0.259 e. The topological polar surface area (TPSA) is 158 Å². The van der Waals surface area contributed by atoms with Crippen molar-refractivity contribution in [3.8, 4) is 0 Å². The Hall–Kier alpha value is -2.81. The summed E-state index contributed by atoms with van der Waals surface area (Å²) in [4.78, 5) is 23.7. The maximum absolute atomic E-state index is 13.3. The molecule has 1 amide bonds. The first kappa shape index (κ1) is 23.9. The number of pyridine rings is 1. The number of hydrogen-bond donors (Lipinski definition) is 5. The molecule has 0 bridgehead atoms. The number of nitrogens with zero attached hydrogens (tertiary/aromatic N) is 6. The number of anilines is 2. The molecule has 0 saturated carbocycles. The van der Waals surface area contributed by atoms with Crippen LogP contribution in [0.5, 0.6) is 0 Å². The molecule has 0 radical (unpaired) electrons. The first-order chi connectivity index (χ1) is 16.7. The molecule has 5 heterocycles. The lowest BCUT2D eigenvalue weighted by atomic mass is 10.1. The second kappa shape index (κ2) is 9.00. The number of carbonyl (C=O) groups excluding carboxylic acids is 1. The van der Waals surface area contributed by atoms with Gasteiger partial charge < -0.3 is 16.0 Å². The van der Waals surface area contributed by atoms with E-state index >= 15 is 0 Å². The van der Waals surface area contributed by atoms with Crippen molar-refractivity contribution in [1.29, 1.82) is 0 Å². The Balaban J connectivity index is 1.55. The van der Waals surface area contributed by atoms with Gasteiger partial charge in [0, 0.05) is 37.6 Å².